The summed E-state index contributed by atoms with van der Waals surface area (Å²) in [5, 5.41) is 10.6. The van der Waals surface area contributed by atoms with Gasteiger partial charge in [0.25, 0.3) is 0 Å². The Labute approximate surface area is 142 Å². The van der Waals surface area contributed by atoms with Crippen LogP contribution in [0.3, 0.4) is 0 Å². The minimum absolute atomic E-state index is 0.284. The molecule has 0 aliphatic rings. The minimum atomic E-state index is -0.700. The number of aliphatic hydroxyl groups excluding tert-OH is 1. The van der Waals surface area contributed by atoms with Crippen LogP contribution < -0.4 is 0 Å². The molecule has 0 spiro atoms. The fraction of sp³-hybridized carbons (Fsp3) is 0.238. The number of ether oxygens (including phenoxy) is 1. The molecule has 3 heteroatoms. The third-order valence-corrected chi connectivity index (χ3v) is 3.88. The lowest BCUT2D eigenvalue weighted by atomic mass is 9.85. The van der Waals surface area contributed by atoms with Crippen molar-refractivity contribution in [1.29, 1.82) is 0 Å². The molecule has 0 heterocycles. The standard InChI is InChI=1S/C21H22O3/c1-3-18(21(23)24-4-2)19(16-11-7-5-8-12-16)15-20(22)17-13-9-6-10-14-17/h5-14,19-20,22H,1,4,15H2,2H3/t19-,20?/m1/s1. The average molecular weight is 322 g/mol. The van der Waals surface area contributed by atoms with Gasteiger partial charge in [-0.25, -0.2) is 4.79 Å². The summed E-state index contributed by atoms with van der Waals surface area (Å²) in [6, 6.07) is 19.0. The molecule has 2 aromatic carbocycles. The molecule has 0 saturated carbocycles. The lowest BCUT2D eigenvalue weighted by Gasteiger charge is -2.22. The molecular weight excluding hydrogens is 300 g/mol. The van der Waals surface area contributed by atoms with Crippen molar-refractivity contribution in [3.8, 4) is 0 Å². The Morgan fingerprint density at radius 3 is 2.12 bits per heavy atom. The van der Waals surface area contributed by atoms with Gasteiger partial charge in [0.1, 0.15) is 0 Å². The first kappa shape index (κ1) is 17.7. The molecule has 0 aliphatic carbocycles. The van der Waals surface area contributed by atoms with Crippen molar-refractivity contribution in [3.63, 3.8) is 0 Å². The molecule has 0 radical (unpaired) electrons. The van der Waals surface area contributed by atoms with Crippen molar-refractivity contribution in [3.05, 3.63) is 89.7 Å². The Kier molecular flexibility index (Phi) is 6.56. The Bertz CT molecular complexity index is 700. The molecule has 2 rings (SSSR count). The quantitative estimate of drug-likeness (QED) is 0.473. The van der Waals surface area contributed by atoms with Crippen LogP contribution in [-0.2, 0) is 9.53 Å². The van der Waals surface area contributed by atoms with Gasteiger partial charge in [-0.3, -0.25) is 0 Å². The van der Waals surface area contributed by atoms with Crippen LogP contribution in [0.5, 0.6) is 0 Å². The molecule has 124 valence electrons. The maximum atomic E-state index is 12.3. The molecular formula is C21H22O3. The van der Waals surface area contributed by atoms with Gasteiger partial charge in [-0.15, -0.1) is 5.73 Å². The summed E-state index contributed by atoms with van der Waals surface area (Å²) < 4.78 is 5.12. The van der Waals surface area contributed by atoms with Crippen LogP contribution in [0.4, 0.5) is 0 Å². The van der Waals surface area contributed by atoms with E-state index in [1.807, 2.05) is 60.7 Å². The highest BCUT2D eigenvalue weighted by Gasteiger charge is 2.26. The first-order valence-electron chi connectivity index (χ1n) is 8.02. The monoisotopic (exact) mass is 322 g/mol. The maximum Gasteiger partial charge on any atom is 0.342 e. The summed E-state index contributed by atoms with van der Waals surface area (Å²) in [4.78, 5) is 12.3. The fourth-order valence-corrected chi connectivity index (χ4v) is 2.69. The van der Waals surface area contributed by atoms with Gasteiger partial charge in [0.15, 0.2) is 0 Å². The highest BCUT2D eigenvalue weighted by Crippen LogP contribution is 2.34. The van der Waals surface area contributed by atoms with Gasteiger partial charge in [0, 0.05) is 5.92 Å². The van der Waals surface area contributed by atoms with Crippen molar-refractivity contribution >= 4 is 5.97 Å². The smallest absolute Gasteiger partial charge is 0.342 e. The zero-order chi connectivity index (χ0) is 17.4. The lowest BCUT2D eigenvalue weighted by molar-refractivity contribution is -0.138. The van der Waals surface area contributed by atoms with E-state index in [2.05, 4.69) is 12.3 Å². The SMILES string of the molecule is C=C=C(C(=O)OCC)[C@H](CC(O)c1ccccc1)c1ccccc1. The number of carbonyl (C=O) groups excluding carboxylic acids is 1. The lowest BCUT2D eigenvalue weighted by Crippen LogP contribution is -2.17. The molecule has 2 aromatic rings. The topological polar surface area (TPSA) is 46.5 Å². The summed E-state index contributed by atoms with van der Waals surface area (Å²) >= 11 is 0. The van der Waals surface area contributed by atoms with Gasteiger partial charge in [0.2, 0.25) is 0 Å². The summed E-state index contributed by atoms with van der Waals surface area (Å²) in [5.41, 5.74) is 4.80. The summed E-state index contributed by atoms with van der Waals surface area (Å²) in [7, 11) is 0. The summed E-state index contributed by atoms with van der Waals surface area (Å²) in [6.07, 6.45) is -0.348. The Hall–Kier alpha value is -2.61. The molecule has 2 atom stereocenters. The number of benzene rings is 2. The molecule has 0 bridgehead atoms. The number of rotatable bonds is 7. The molecule has 1 unspecified atom stereocenters. The second kappa shape index (κ2) is 8.88. The first-order chi connectivity index (χ1) is 11.7. The van der Waals surface area contributed by atoms with Crippen LogP contribution >= 0.6 is 0 Å². The van der Waals surface area contributed by atoms with Crippen molar-refractivity contribution in [2.45, 2.75) is 25.4 Å². The predicted molar refractivity (Wildman–Crippen MR) is 94.5 cm³/mol. The Balaban J connectivity index is 2.33. The third kappa shape index (κ3) is 4.45. The van der Waals surface area contributed by atoms with Crippen LogP contribution in [0.2, 0.25) is 0 Å². The van der Waals surface area contributed by atoms with Crippen molar-refractivity contribution < 1.29 is 14.6 Å². The van der Waals surface area contributed by atoms with Crippen molar-refractivity contribution in [2.75, 3.05) is 6.61 Å². The first-order valence-corrected chi connectivity index (χ1v) is 8.02. The Morgan fingerprint density at radius 1 is 1.08 bits per heavy atom. The van der Waals surface area contributed by atoms with Crippen LogP contribution in [-0.4, -0.2) is 17.7 Å². The van der Waals surface area contributed by atoms with E-state index in [1.165, 1.54) is 0 Å². The van der Waals surface area contributed by atoms with Gasteiger partial charge in [0.05, 0.1) is 18.3 Å². The van der Waals surface area contributed by atoms with Crippen molar-refractivity contribution in [2.24, 2.45) is 0 Å². The predicted octanol–water partition coefficient (Wildman–Crippen LogP) is 4.17. The highest BCUT2D eigenvalue weighted by molar-refractivity contribution is 5.90. The number of carbonyl (C=O) groups is 1. The van der Waals surface area contributed by atoms with Gasteiger partial charge < -0.3 is 9.84 Å². The van der Waals surface area contributed by atoms with Crippen LogP contribution in [0.15, 0.2) is 78.5 Å². The van der Waals surface area contributed by atoms with E-state index in [-0.39, 0.29) is 12.5 Å². The molecule has 0 amide bonds. The van der Waals surface area contributed by atoms with Crippen LogP contribution in [0.1, 0.15) is 36.5 Å². The zero-order valence-corrected chi connectivity index (χ0v) is 13.8. The minimum Gasteiger partial charge on any atom is -0.462 e. The normalized spacial score (nSPS) is 12.8. The number of esters is 1. The molecule has 24 heavy (non-hydrogen) atoms. The highest BCUT2D eigenvalue weighted by atomic mass is 16.5. The van der Waals surface area contributed by atoms with E-state index in [0.717, 1.165) is 11.1 Å². The number of aliphatic hydroxyl groups is 1. The number of hydrogen-bond donors (Lipinski definition) is 1. The van der Waals surface area contributed by atoms with E-state index in [4.69, 9.17) is 4.74 Å². The summed E-state index contributed by atoms with van der Waals surface area (Å²) in [6.45, 7) is 5.69. The van der Waals surface area contributed by atoms with Crippen LogP contribution in [0.25, 0.3) is 0 Å². The van der Waals surface area contributed by atoms with E-state index >= 15 is 0 Å². The molecule has 1 N–H and O–H groups in total. The van der Waals surface area contributed by atoms with E-state index in [0.29, 0.717) is 12.0 Å². The van der Waals surface area contributed by atoms with Gasteiger partial charge in [-0.05, 0) is 24.5 Å². The average Bonchev–Trinajstić information content (AvgIpc) is 2.63. The fourth-order valence-electron chi connectivity index (χ4n) is 2.69. The van der Waals surface area contributed by atoms with E-state index < -0.39 is 12.1 Å². The summed E-state index contributed by atoms with van der Waals surface area (Å²) in [5.74, 6) is -0.778. The second-order valence-corrected chi connectivity index (χ2v) is 5.44. The second-order valence-electron chi connectivity index (χ2n) is 5.44. The number of hydrogen-bond acceptors (Lipinski definition) is 3. The van der Waals surface area contributed by atoms with Gasteiger partial charge in [-0.2, -0.15) is 0 Å². The van der Waals surface area contributed by atoms with E-state index in [9.17, 15) is 9.90 Å². The zero-order valence-electron chi connectivity index (χ0n) is 13.8. The largest absolute Gasteiger partial charge is 0.462 e. The van der Waals surface area contributed by atoms with E-state index in [1.54, 1.807) is 6.92 Å². The molecule has 3 nitrogen and oxygen atoms in total. The van der Waals surface area contributed by atoms with Crippen molar-refractivity contribution in [1.82, 2.24) is 0 Å². The molecule has 0 fully saturated rings. The van der Waals surface area contributed by atoms with Gasteiger partial charge >= 0.3 is 5.97 Å². The third-order valence-electron chi connectivity index (χ3n) is 3.88. The van der Waals surface area contributed by atoms with Gasteiger partial charge in [-0.1, -0.05) is 67.2 Å². The molecule has 0 saturated heterocycles. The van der Waals surface area contributed by atoms with Crippen LogP contribution in [0, 0.1) is 0 Å². The Morgan fingerprint density at radius 2 is 1.62 bits per heavy atom. The molecule has 0 aromatic heterocycles. The maximum absolute atomic E-state index is 12.3. The molecule has 0 aliphatic heterocycles.